The van der Waals surface area contributed by atoms with Gasteiger partial charge >= 0.3 is 0 Å². The van der Waals surface area contributed by atoms with Crippen LogP contribution in [-0.2, 0) is 11.3 Å². The first-order valence-corrected chi connectivity index (χ1v) is 8.22. The summed E-state index contributed by atoms with van der Waals surface area (Å²) in [6.07, 6.45) is 0. The maximum Gasteiger partial charge on any atom is 0.246 e. The largest absolute Gasteiger partial charge is 0.374 e. The quantitative estimate of drug-likeness (QED) is 0.703. The molecule has 3 nitrogen and oxygen atoms in total. The number of benzene rings is 3. The Morgan fingerprint density at radius 2 is 1.54 bits per heavy atom. The summed E-state index contributed by atoms with van der Waals surface area (Å²) < 4.78 is 26.7. The summed E-state index contributed by atoms with van der Waals surface area (Å²) >= 11 is 0. The predicted molar refractivity (Wildman–Crippen MR) is 98.9 cm³/mol. The first-order valence-electron chi connectivity index (χ1n) is 8.22. The SMILES string of the molecule is O=C(CNc1ccc(F)cc1F)N(Cc1ccccc1)c1ccccc1. The molecule has 0 radical (unpaired) electrons. The summed E-state index contributed by atoms with van der Waals surface area (Å²) in [4.78, 5) is 14.4. The van der Waals surface area contributed by atoms with Crippen molar-refractivity contribution in [1.82, 2.24) is 0 Å². The molecule has 0 heterocycles. The van der Waals surface area contributed by atoms with E-state index in [1.807, 2.05) is 60.7 Å². The molecule has 0 aliphatic carbocycles. The van der Waals surface area contributed by atoms with Gasteiger partial charge in [0.05, 0.1) is 18.8 Å². The third kappa shape index (κ3) is 4.45. The van der Waals surface area contributed by atoms with E-state index < -0.39 is 11.6 Å². The number of hydrogen-bond donors (Lipinski definition) is 1. The second-order valence-electron chi connectivity index (χ2n) is 5.78. The van der Waals surface area contributed by atoms with Crippen molar-refractivity contribution in [3.8, 4) is 0 Å². The minimum atomic E-state index is -0.730. The van der Waals surface area contributed by atoms with Gasteiger partial charge in [-0.3, -0.25) is 4.79 Å². The van der Waals surface area contributed by atoms with Crippen molar-refractivity contribution >= 4 is 17.3 Å². The summed E-state index contributed by atoms with van der Waals surface area (Å²) in [6, 6.07) is 22.1. The number of amides is 1. The summed E-state index contributed by atoms with van der Waals surface area (Å²) in [6.45, 7) is 0.293. The third-order valence-corrected chi connectivity index (χ3v) is 3.91. The number of halogens is 2. The molecule has 0 fully saturated rings. The number of carbonyl (C=O) groups is 1. The van der Waals surface area contributed by atoms with Crippen molar-refractivity contribution in [2.24, 2.45) is 0 Å². The van der Waals surface area contributed by atoms with Gasteiger partial charge in [0.1, 0.15) is 11.6 Å². The Labute approximate surface area is 150 Å². The van der Waals surface area contributed by atoms with Gasteiger partial charge in [-0.25, -0.2) is 8.78 Å². The van der Waals surface area contributed by atoms with Crippen LogP contribution in [0.3, 0.4) is 0 Å². The molecule has 3 aromatic carbocycles. The fraction of sp³-hybridized carbons (Fsp3) is 0.0952. The van der Waals surface area contributed by atoms with Crippen LogP contribution < -0.4 is 10.2 Å². The maximum absolute atomic E-state index is 13.7. The molecule has 0 saturated heterocycles. The average molecular weight is 352 g/mol. The van der Waals surface area contributed by atoms with Crippen LogP contribution in [0.5, 0.6) is 0 Å². The molecule has 0 aliphatic rings. The molecule has 0 aromatic heterocycles. The number of nitrogens with zero attached hydrogens (tertiary/aromatic N) is 1. The Balaban J connectivity index is 1.76. The van der Waals surface area contributed by atoms with Gasteiger partial charge in [-0.05, 0) is 29.8 Å². The summed E-state index contributed by atoms with van der Waals surface area (Å²) in [5, 5.41) is 2.74. The van der Waals surface area contributed by atoms with E-state index in [9.17, 15) is 13.6 Å². The van der Waals surface area contributed by atoms with Crippen LogP contribution in [0.25, 0.3) is 0 Å². The Kier molecular flexibility index (Phi) is 5.59. The number of carbonyl (C=O) groups excluding carboxylic acids is 1. The fourth-order valence-electron chi connectivity index (χ4n) is 2.60. The lowest BCUT2D eigenvalue weighted by Crippen LogP contribution is -2.35. The van der Waals surface area contributed by atoms with Gasteiger partial charge in [-0.15, -0.1) is 0 Å². The van der Waals surface area contributed by atoms with Crippen LogP contribution in [0, 0.1) is 11.6 Å². The number of nitrogens with one attached hydrogen (secondary N) is 1. The summed E-state index contributed by atoms with van der Waals surface area (Å²) in [5.41, 5.74) is 1.83. The molecule has 1 N–H and O–H groups in total. The Bertz CT molecular complexity index is 870. The minimum absolute atomic E-state index is 0.0903. The van der Waals surface area contributed by atoms with E-state index in [1.54, 1.807) is 4.90 Å². The van der Waals surface area contributed by atoms with Crippen molar-refractivity contribution < 1.29 is 13.6 Å². The molecule has 0 spiro atoms. The molecule has 26 heavy (non-hydrogen) atoms. The van der Waals surface area contributed by atoms with Crippen LogP contribution in [0.2, 0.25) is 0 Å². The van der Waals surface area contributed by atoms with Crippen molar-refractivity contribution in [3.63, 3.8) is 0 Å². The van der Waals surface area contributed by atoms with E-state index >= 15 is 0 Å². The molecular formula is C21H18F2N2O. The van der Waals surface area contributed by atoms with Gasteiger partial charge in [-0.1, -0.05) is 48.5 Å². The molecule has 0 saturated carbocycles. The lowest BCUT2D eigenvalue weighted by molar-refractivity contribution is -0.117. The highest BCUT2D eigenvalue weighted by molar-refractivity contribution is 5.96. The molecule has 0 atom stereocenters. The molecular weight excluding hydrogens is 334 g/mol. The van der Waals surface area contributed by atoms with E-state index in [0.29, 0.717) is 6.54 Å². The van der Waals surface area contributed by atoms with Crippen LogP contribution in [0.15, 0.2) is 78.9 Å². The molecule has 132 valence electrons. The van der Waals surface area contributed by atoms with E-state index in [0.717, 1.165) is 23.4 Å². The van der Waals surface area contributed by atoms with Crippen LogP contribution in [0.4, 0.5) is 20.2 Å². The first-order chi connectivity index (χ1) is 12.6. The zero-order valence-electron chi connectivity index (χ0n) is 14.0. The predicted octanol–water partition coefficient (Wildman–Crippen LogP) is 4.61. The Morgan fingerprint density at radius 1 is 0.885 bits per heavy atom. The standard InChI is InChI=1S/C21H18F2N2O/c22-17-11-12-20(19(23)13-17)24-14-21(26)25(18-9-5-2-6-10-18)15-16-7-3-1-4-8-16/h1-13,24H,14-15H2. The van der Waals surface area contributed by atoms with Gasteiger partial charge in [0.25, 0.3) is 0 Å². The first kappa shape index (κ1) is 17.6. The monoisotopic (exact) mass is 352 g/mol. The van der Waals surface area contributed by atoms with Crippen molar-refractivity contribution in [3.05, 3.63) is 96.1 Å². The van der Waals surface area contributed by atoms with Crippen LogP contribution >= 0.6 is 0 Å². The lowest BCUT2D eigenvalue weighted by Gasteiger charge is -2.23. The second kappa shape index (κ2) is 8.25. The number of anilines is 2. The average Bonchev–Trinajstić information content (AvgIpc) is 2.67. The number of para-hydroxylation sites is 1. The highest BCUT2D eigenvalue weighted by Gasteiger charge is 2.16. The molecule has 0 unspecified atom stereocenters. The van der Waals surface area contributed by atoms with E-state index in [4.69, 9.17) is 0 Å². The van der Waals surface area contributed by atoms with Crippen LogP contribution in [0.1, 0.15) is 5.56 Å². The zero-order chi connectivity index (χ0) is 18.4. The smallest absolute Gasteiger partial charge is 0.246 e. The topological polar surface area (TPSA) is 32.3 Å². The molecule has 0 bridgehead atoms. The molecule has 0 aliphatic heterocycles. The van der Waals surface area contributed by atoms with E-state index in [2.05, 4.69) is 5.32 Å². The van der Waals surface area contributed by atoms with Crippen molar-refractivity contribution in [1.29, 1.82) is 0 Å². The van der Waals surface area contributed by atoms with Crippen LogP contribution in [-0.4, -0.2) is 12.5 Å². The second-order valence-corrected chi connectivity index (χ2v) is 5.78. The molecule has 3 aromatic rings. The minimum Gasteiger partial charge on any atom is -0.374 e. The lowest BCUT2D eigenvalue weighted by atomic mass is 10.2. The van der Waals surface area contributed by atoms with Gasteiger partial charge in [-0.2, -0.15) is 0 Å². The number of hydrogen-bond acceptors (Lipinski definition) is 2. The fourth-order valence-corrected chi connectivity index (χ4v) is 2.60. The highest BCUT2D eigenvalue weighted by Crippen LogP contribution is 2.19. The maximum atomic E-state index is 13.7. The third-order valence-electron chi connectivity index (χ3n) is 3.91. The van der Waals surface area contributed by atoms with Crippen molar-refractivity contribution in [2.75, 3.05) is 16.8 Å². The van der Waals surface area contributed by atoms with E-state index in [1.165, 1.54) is 6.07 Å². The summed E-state index contributed by atoms with van der Waals surface area (Å²) in [5.74, 6) is -1.61. The normalized spacial score (nSPS) is 10.4. The van der Waals surface area contributed by atoms with Gasteiger partial charge in [0.15, 0.2) is 0 Å². The molecule has 3 rings (SSSR count). The molecule has 1 amide bonds. The highest BCUT2D eigenvalue weighted by atomic mass is 19.1. The van der Waals surface area contributed by atoms with E-state index in [-0.39, 0.29) is 18.1 Å². The molecule has 5 heteroatoms. The Morgan fingerprint density at radius 3 is 2.19 bits per heavy atom. The van der Waals surface area contributed by atoms with Gasteiger partial charge in [0, 0.05) is 11.8 Å². The van der Waals surface area contributed by atoms with Crippen molar-refractivity contribution in [2.45, 2.75) is 6.54 Å². The zero-order valence-corrected chi connectivity index (χ0v) is 14.0. The van der Waals surface area contributed by atoms with Gasteiger partial charge in [0.2, 0.25) is 5.91 Å². The van der Waals surface area contributed by atoms with Gasteiger partial charge < -0.3 is 10.2 Å². The Hall–Kier alpha value is -3.21. The number of rotatable bonds is 6. The summed E-state index contributed by atoms with van der Waals surface area (Å²) in [7, 11) is 0.